The molecule has 0 aliphatic rings. The molecule has 142 valence electrons. The van der Waals surface area contributed by atoms with Crippen molar-refractivity contribution in [2.45, 2.75) is 18.5 Å². The Kier molecular flexibility index (Phi) is 5.05. The first kappa shape index (κ1) is 19.4. The first-order valence-corrected chi connectivity index (χ1v) is 9.91. The molecule has 0 unspecified atom stereocenters. The van der Waals surface area contributed by atoms with Gasteiger partial charge in [0.15, 0.2) is 22.3 Å². The molecule has 0 amide bonds. The predicted octanol–water partition coefficient (Wildman–Crippen LogP) is 5.12. The van der Waals surface area contributed by atoms with Crippen LogP contribution in [0.3, 0.4) is 0 Å². The van der Waals surface area contributed by atoms with Crippen molar-refractivity contribution in [3.8, 4) is 22.4 Å². The molecule has 4 nitrogen and oxygen atoms in total. The highest BCUT2D eigenvalue weighted by molar-refractivity contribution is 7.90. The third-order valence-corrected chi connectivity index (χ3v) is 5.54. The quantitative estimate of drug-likeness (QED) is 0.593. The molecule has 0 saturated carbocycles. The molecule has 0 radical (unpaired) electrons. The molecule has 0 atom stereocenters. The molecule has 0 bridgehead atoms. The molecule has 3 rings (SSSR count). The maximum Gasteiger partial charge on any atom is 0.178 e. The number of hydrogen-bond acceptors (Lipinski definition) is 4. The molecule has 0 aliphatic heterocycles. The number of aromatic nitrogens is 1. The van der Waals surface area contributed by atoms with Crippen LogP contribution in [-0.2, 0) is 16.5 Å². The molecule has 9 heteroatoms. The number of sulfone groups is 1. The van der Waals surface area contributed by atoms with Crippen LogP contribution in [0.2, 0.25) is 5.02 Å². The number of benzene rings is 2. The van der Waals surface area contributed by atoms with Gasteiger partial charge in [0.25, 0.3) is 0 Å². The van der Waals surface area contributed by atoms with E-state index in [-0.39, 0.29) is 22.6 Å². The third-order valence-electron chi connectivity index (χ3n) is 4.02. The van der Waals surface area contributed by atoms with Crippen molar-refractivity contribution in [2.75, 3.05) is 6.26 Å². The van der Waals surface area contributed by atoms with Crippen LogP contribution in [0.15, 0.2) is 39.8 Å². The Morgan fingerprint density at radius 2 is 1.85 bits per heavy atom. The van der Waals surface area contributed by atoms with Crippen molar-refractivity contribution in [1.82, 2.24) is 5.16 Å². The molecule has 0 N–H and O–H groups in total. The second-order valence-electron chi connectivity index (χ2n) is 5.96. The van der Waals surface area contributed by atoms with Crippen LogP contribution in [-0.4, -0.2) is 19.8 Å². The molecule has 2 aromatic carbocycles. The molecule has 0 spiro atoms. The van der Waals surface area contributed by atoms with E-state index in [1.165, 1.54) is 0 Å². The van der Waals surface area contributed by atoms with Crippen molar-refractivity contribution in [3.05, 3.63) is 58.3 Å². The molecular formula is C18H13ClF3NO3S. The minimum atomic E-state index is -3.98. The molecule has 27 heavy (non-hydrogen) atoms. The zero-order valence-electron chi connectivity index (χ0n) is 14.2. The molecule has 1 aromatic heterocycles. The van der Waals surface area contributed by atoms with Crippen molar-refractivity contribution in [2.24, 2.45) is 0 Å². The van der Waals surface area contributed by atoms with Gasteiger partial charge in [0, 0.05) is 22.4 Å². The van der Waals surface area contributed by atoms with Crippen LogP contribution >= 0.6 is 11.6 Å². The highest BCUT2D eigenvalue weighted by Gasteiger charge is 2.25. The fraction of sp³-hybridized carbons (Fsp3) is 0.167. The Labute approximate surface area is 158 Å². The second kappa shape index (κ2) is 7.01. The zero-order valence-corrected chi connectivity index (χ0v) is 15.8. The van der Waals surface area contributed by atoms with Gasteiger partial charge in [0.2, 0.25) is 0 Å². The third kappa shape index (κ3) is 3.59. The Balaban J connectivity index is 2.27. The first-order valence-electron chi connectivity index (χ1n) is 7.64. The van der Waals surface area contributed by atoms with Crippen molar-refractivity contribution < 1.29 is 26.1 Å². The van der Waals surface area contributed by atoms with Gasteiger partial charge in [0.05, 0.1) is 5.56 Å². The molecule has 0 fully saturated rings. The van der Waals surface area contributed by atoms with E-state index in [2.05, 4.69) is 5.16 Å². The minimum absolute atomic E-state index is 0.0648. The fourth-order valence-corrected chi connectivity index (χ4v) is 3.55. The van der Waals surface area contributed by atoms with Crippen LogP contribution < -0.4 is 0 Å². The van der Waals surface area contributed by atoms with Gasteiger partial charge in [-0.3, -0.25) is 0 Å². The van der Waals surface area contributed by atoms with Crippen LogP contribution in [0.4, 0.5) is 13.2 Å². The normalized spacial score (nSPS) is 11.8. The second-order valence-corrected chi connectivity index (χ2v) is 8.35. The van der Waals surface area contributed by atoms with Crippen molar-refractivity contribution in [3.63, 3.8) is 0 Å². The number of aryl methyl sites for hydroxylation is 1. The molecule has 0 saturated heterocycles. The van der Waals surface area contributed by atoms with Crippen molar-refractivity contribution in [1.29, 1.82) is 0 Å². The number of alkyl halides is 1. The minimum Gasteiger partial charge on any atom is -0.357 e. The van der Waals surface area contributed by atoms with E-state index < -0.39 is 33.0 Å². The van der Waals surface area contributed by atoms with E-state index in [9.17, 15) is 21.6 Å². The van der Waals surface area contributed by atoms with Gasteiger partial charge in [-0.2, -0.15) is 0 Å². The number of rotatable bonds is 4. The highest BCUT2D eigenvalue weighted by Crippen LogP contribution is 2.38. The molecule has 3 aromatic rings. The smallest absolute Gasteiger partial charge is 0.178 e. The lowest BCUT2D eigenvalue weighted by Gasteiger charge is -2.09. The molecule has 1 heterocycles. The summed E-state index contributed by atoms with van der Waals surface area (Å²) in [5, 5.41) is 4.17. The summed E-state index contributed by atoms with van der Waals surface area (Å²) in [6.07, 6.45) is 0.761. The van der Waals surface area contributed by atoms with E-state index >= 15 is 0 Å². The van der Waals surface area contributed by atoms with Crippen molar-refractivity contribution >= 4 is 21.4 Å². The van der Waals surface area contributed by atoms with E-state index in [0.29, 0.717) is 22.7 Å². The Hall–Kier alpha value is -2.32. The van der Waals surface area contributed by atoms with E-state index in [1.807, 2.05) is 0 Å². The Morgan fingerprint density at radius 3 is 2.44 bits per heavy atom. The highest BCUT2D eigenvalue weighted by atomic mass is 35.5. The van der Waals surface area contributed by atoms with Gasteiger partial charge in [-0.1, -0.05) is 28.9 Å². The molecule has 0 aliphatic carbocycles. The summed E-state index contributed by atoms with van der Waals surface area (Å²) < 4.78 is 70.4. The maximum atomic E-state index is 14.6. The summed E-state index contributed by atoms with van der Waals surface area (Å²) in [7, 11) is -3.98. The van der Waals surface area contributed by atoms with Gasteiger partial charge in [-0.05, 0) is 30.7 Å². The van der Waals surface area contributed by atoms with E-state index in [1.54, 1.807) is 25.1 Å². The standard InChI is InChI=1S/C18H13ClF3NO3S/c1-9-3-4-10(5-12(9)19)18-17(15(8-20)26-23-18)11-6-14(22)16(7-13(11)21)27(2,24)25/h3-7H,8H2,1-2H3. The number of nitrogens with zero attached hydrogens (tertiary/aromatic N) is 1. The lowest BCUT2D eigenvalue weighted by molar-refractivity contribution is 0.332. The van der Waals surface area contributed by atoms with Crippen LogP contribution in [0, 0.1) is 18.6 Å². The SMILES string of the molecule is Cc1ccc(-c2noc(CF)c2-c2cc(F)c(S(C)(=O)=O)cc2F)cc1Cl. The zero-order chi connectivity index (χ0) is 19.9. The average molecular weight is 416 g/mol. The molecular weight excluding hydrogens is 403 g/mol. The number of halogens is 4. The summed E-state index contributed by atoms with van der Waals surface area (Å²) in [6, 6.07) is 6.11. The average Bonchev–Trinajstić information content (AvgIpc) is 3.01. The Bertz CT molecular complexity index is 1140. The summed E-state index contributed by atoms with van der Waals surface area (Å²) >= 11 is 6.10. The predicted molar refractivity (Wildman–Crippen MR) is 95.0 cm³/mol. The lowest BCUT2D eigenvalue weighted by atomic mass is 9.98. The van der Waals surface area contributed by atoms with Gasteiger partial charge < -0.3 is 4.52 Å². The van der Waals surface area contributed by atoms with Gasteiger partial charge >= 0.3 is 0 Å². The fourth-order valence-electron chi connectivity index (χ4n) is 2.63. The first-order chi connectivity index (χ1) is 12.6. The van der Waals surface area contributed by atoms with Gasteiger partial charge in [-0.15, -0.1) is 0 Å². The monoisotopic (exact) mass is 415 g/mol. The summed E-state index contributed by atoms with van der Waals surface area (Å²) in [4.78, 5) is -0.790. The lowest BCUT2D eigenvalue weighted by Crippen LogP contribution is -2.03. The summed E-state index contributed by atoms with van der Waals surface area (Å²) in [6.45, 7) is 0.665. The van der Waals surface area contributed by atoms with Crippen LogP contribution in [0.1, 0.15) is 11.3 Å². The van der Waals surface area contributed by atoms with E-state index in [4.69, 9.17) is 16.1 Å². The van der Waals surface area contributed by atoms with Crippen LogP contribution in [0.25, 0.3) is 22.4 Å². The summed E-state index contributed by atoms with van der Waals surface area (Å²) in [5.74, 6) is -2.52. The van der Waals surface area contributed by atoms with E-state index in [0.717, 1.165) is 11.8 Å². The summed E-state index contributed by atoms with van der Waals surface area (Å²) in [5.41, 5.74) is 0.797. The topological polar surface area (TPSA) is 60.2 Å². The maximum absolute atomic E-state index is 14.6. The number of hydrogen-bond donors (Lipinski definition) is 0. The Morgan fingerprint density at radius 1 is 1.15 bits per heavy atom. The van der Waals surface area contributed by atoms with Gasteiger partial charge in [0.1, 0.15) is 22.2 Å². The van der Waals surface area contributed by atoms with Gasteiger partial charge in [-0.25, -0.2) is 21.6 Å². The van der Waals surface area contributed by atoms with Crippen LogP contribution in [0.5, 0.6) is 0 Å². The largest absolute Gasteiger partial charge is 0.357 e.